The summed E-state index contributed by atoms with van der Waals surface area (Å²) in [4.78, 5) is 11.4. The lowest BCUT2D eigenvalue weighted by Gasteiger charge is -2.28. The molecule has 0 aromatic rings. The zero-order valence-electron chi connectivity index (χ0n) is 19.6. The molecular weight excluding hydrogens is 362 g/mol. The number of rotatable bonds is 19. The van der Waals surface area contributed by atoms with Crippen LogP contribution in [0.1, 0.15) is 90.4 Å². The summed E-state index contributed by atoms with van der Waals surface area (Å²) in [7, 11) is 5.83. The van der Waals surface area contributed by atoms with Gasteiger partial charge in [-0.3, -0.25) is 4.79 Å². The van der Waals surface area contributed by atoms with Gasteiger partial charge >= 0.3 is 5.97 Å². The minimum atomic E-state index is -0.975. The van der Waals surface area contributed by atoms with Crippen molar-refractivity contribution in [3.63, 3.8) is 0 Å². The van der Waals surface area contributed by atoms with E-state index in [1.807, 2.05) is 27.2 Å². The van der Waals surface area contributed by atoms with Gasteiger partial charge in [0.05, 0.1) is 21.1 Å². The van der Waals surface area contributed by atoms with Crippen LogP contribution >= 0.6 is 0 Å². The van der Waals surface area contributed by atoms with Gasteiger partial charge in [-0.15, -0.1) is 0 Å². The lowest BCUT2D eigenvalue weighted by atomic mass is 10.0. The normalized spacial score (nSPS) is 14.7. The average molecular weight is 411 g/mol. The second kappa shape index (κ2) is 17.7. The van der Waals surface area contributed by atoms with Gasteiger partial charge in [-0.25, -0.2) is 0 Å². The fraction of sp³-hybridized carbons (Fsp3) is 0.800. The first kappa shape index (κ1) is 27.9. The van der Waals surface area contributed by atoms with Gasteiger partial charge in [0.25, 0.3) is 0 Å². The molecule has 2 unspecified atom stereocenters. The summed E-state index contributed by atoms with van der Waals surface area (Å²) in [6, 6.07) is 0. The number of aliphatic hydroxyl groups excluding tert-OH is 1. The van der Waals surface area contributed by atoms with Crippen LogP contribution in [0.2, 0.25) is 0 Å². The molecule has 4 nitrogen and oxygen atoms in total. The summed E-state index contributed by atoms with van der Waals surface area (Å²) in [6.07, 6.45) is 23.8. The number of hydrogen-bond acceptors (Lipinski definition) is 2. The minimum Gasteiger partial charge on any atom is -0.481 e. The Morgan fingerprint density at radius 1 is 0.828 bits per heavy atom. The predicted octanol–water partition coefficient (Wildman–Crippen LogP) is 5.96. The van der Waals surface area contributed by atoms with E-state index in [-0.39, 0.29) is 0 Å². The third kappa shape index (κ3) is 18.6. The third-order valence-electron chi connectivity index (χ3n) is 5.22. The van der Waals surface area contributed by atoms with Gasteiger partial charge in [0.2, 0.25) is 0 Å². The highest BCUT2D eigenvalue weighted by Gasteiger charge is 2.28. The molecule has 0 spiro atoms. The highest BCUT2D eigenvalue weighted by atomic mass is 16.4. The van der Waals surface area contributed by atoms with Crippen LogP contribution in [0.5, 0.6) is 0 Å². The maximum absolute atomic E-state index is 11.4. The summed E-state index contributed by atoms with van der Waals surface area (Å²) in [6.45, 7) is 2.67. The predicted molar refractivity (Wildman–Crippen MR) is 124 cm³/mol. The van der Waals surface area contributed by atoms with Crippen molar-refractivity contribution in [2.24, 2.45) is 5.92 Å². The number of quaternary nitrogens is 1. The Morgan fingerprint density at radius 2 is 1.31 bits per heavy atom. The second-order valence-corrected chi connectivity index (χ2v) is 9.40. The van der Waals surface area contributed by atoms with Crippen LogP contribution in [0, 0.1) is 5.92 Å². The van der Waals surface area contributed by atoms with Crippen molar-refractivity contribution in [1.82, 2.24) is 0 Å². The maximum Gasteiger partial charge on any atom is 0.313 e. The number of aliphatic hydroxyl groups is 1. The number of aliphatic carboxylic acids is 1. The SMILES string of the molecule is CCCCCCCCCCCCCCC=CC=CC(C(=O)O)C(O)C[N+](C)(C)C. The van der Waals surface area contributed by atoms with Crippen molar-refractivity contribution in [2.45, 2.75) is 96.5 Å². The van der Waals surface area contributed by atoms with Gasteiger partial charge in [0.15, 0.2) is 0 Å². The molecule has 0 heterocycles. The Kier molecular flexibility index (Phi) is 17.0. The minimum absolute atomic E-state index is 0.407. The molecule has 0 saturated heterocycles. The van der Waals surface area contributed by atoms with E-state index in [9.17, 15) is 15.0 Å². The van der Waals surface area contributed by atoms with E-state index in [4.69, 9.17) is 0 Å². The van der Waals surface area contributed by atoms with Gasteiger partial charge in [-0.05, 0) is 12.8 Å². The average Bonchev–Trinajstić information content (AvgIpc) is 2.62. The Morgan fingerprint density at radius 3 is 1.76 bits per heavy atom. The Bertz CT molecular complexity index is 451. The number of nitrogens with zero attached hydrogens (tertiary/aromatic N) is 1. The Labute approximate surface area is 180 Å². The van der Waals surface area contributed by atoms with Crippen molar-refractivity contribution >= 4 is 5.97 Å². The lowest BCUT2D eigenvalue weighted by molar-refractivity contribution is -0.873. The third-order valence-corrected chi connectivity index (χ3v) is 5.22. The van der Waals surface area contributed by atoms with Gasteiger partial charge in [-0.2, -0.15) is 0 Å². The van der Waals surface area contributed by atoms with Crippen LogP contribution in [0.15, 0.2) is 24.3 Å². The summed E-state index contributed by atoms with van der Waals surface area (Å²) in [5.74, 6) is -1.83. The standard InChI is InChI=1S/C25H47NO3/c1-5-6-7-8-9-10-11-12-13-14-15-16-17-18-19-20-21-23(25(28)29)24(27)22-26(2,3)4/h18-21,23-24,27H,5-17,22H2,1-4H3/p+1. The van der Waals surface area contributed by atoms with Gasteiger partial charge in [0, 0.05) is 0 Å². The lowest BCUT2D eigenvalue weighted by Crippen LogP contribution is -2.45. The highest BCUT2D eigenvalue weighted by molar-refractivity contribution is 5.73. The molecule has 0 aliphatic carbocycles. The number of likely N-dealkylation sites (N-methyl/N-ethyl adjacent to an activating group) is 1. The molecule has 2 atom stereocenters. The zero-order chi connectivity index (χ0) is 22.0. The van der Waals surface area contributed by atoms with E-state index in [1.165, 1.54) is 77.0 Å². The van der Waals surface area contributed by atoms with Crippen LogP contribution in [-0.2, 0) is 4.79 Å². The van der Waals surface area contributed by atoms with Gasteiger partial charge in [-0.1, -0.05) is 102 Å². The molecule has 4 heteroatoms. The molecule has 0 bridgehead atoms. The first-order chi connectivity index (χ1) is 13.8. The molecule has 2 N–H and O–H groups in total. The van der Waals surface area contributed by atoms with E-state index >= 15 is 0 Å². The van der Waals surface area contributed by atoms with Crippen LogP contribution in [0.4, 0.5) is 0 Å². The van der Waals surface area contributed by atoms with Gasteiger partial charge in [0.1, 0.15) is 18.6 Å². The van der Waals surface area contributed by atoms with Crippen LogP contribution in [0.3, 0.4) is 0 Å². The molecule has 0 rings (SSSR count). The van der Waals surface area contributed by atoms with Crippen molar-refractivity contribution in [3.05, 3.63) is 24.3 Å². The molecule has 0 aromatic carbocycles. The number of unbranched alkanes of at least 4 members (excludes halogenated alkanes) is 12. The number of carbonyl (C=O) groups is 1. The molecule has 0 fully saturated rings. The van der Waals surface area contributed by atoms with Crippen molar-refractivity contribution < 1.29 is 19.5 Å². The topological polar surface area (TPSA) is 57.5 Å². The molecule has 0 radical (unpaired) electrons. The van der Waals surface area contributed by atoms with Crippen molar-refractivity contribution in [3.8, 4) is 0 Å². The number of hydrogen-bond donors (Lipinski definition) is 2. The summed E-state index contributed by atoms with van der Waals surface area (Å²) in [5.41, 5.74) is 0. The van der Waals surface area contributed by atoms with E-state index in [1.54, 1.807) is 12.2 Å². The molecular formula is C25H48NO3+. The monoisotopic (exact) mass is 410 g/mol. The summed E-state index contributed by atoms with van der Waals surface area (Å²) >= 11 is 0. The summed E-state index contributed by atoms with van der Waals surface area (Å²) < 4.78 is 0.535. The van der Waals surface area contributed by atoms with Crippen LogP contribution in [0.25, 0.3) is 0 Å². The Balaban J connectivity index is 3.75. The van der Waals surface area contributed by atoms with E-state index in [0.717, 1.165) is 6.42 Å². The molecule has 0 saturated carbocycles. The van der Waals surface area contributed by atoms with Gasteiger partial charge < -0.3 is 14.7 Å². The van der Waals surface area contributed by atoms with Crippen molar-refractivity contribution in [2.75, 3.05) is 27.7 Å². The molecule has 0 aliphatic rings. The second-order valence-electron chi connectivity index (χ2n) is 9.40. The molecule has 29 heavy (non-hydrogen) atoms. The first-order valence-electron chi connectivity index (χ1n) is 11.8. The highest BCUT2D eigenvalue weighted by Crippen LogP contribution is 2.13. The zero-order valence-corrected chi connectivity index (χ0v) is 19.6. The molecule has 0 amide bonds. The first-order valence-corrected chi connectivity index (χ1v) is 11.8. The van der Waals surface area contributed by atoms with E-state index < -0.39 is 18.0 Å². The molecule has 170 valence electrons. The largest absolute Gasteiger partial charge is 0.481 e. The number of carboxylic acids is 1. The number of allylic oxidation sites excluding steroid dienone is 3. The van der Waals surface area contributed by atoms with E-state index in [2.05, 4.69) is 13.0 Å². The molecule has 0 aromatic heterocycles. The fourth-order valence-electron chi connectivity index (χ4n) is 3.51. The quantitative estimate of drug-likeness (QED) is 0.157. The van der Waals surface area contributed by atoms with E-state index in [0.29, 0.717) is 11.0 Å². The smallest absolute Gasteiger partial charge is 0.313 e. The van der Waals surface area contributed by atoms with Crippen molar-refractivity contribution in [1.29, 1.82) is 0 Å². The number of carboxylic acid groups (broad SMARTS) is 1. The fourth-order valence-corrected chi connectivity index (χ4v) is 3.51. The van der Waals surface area contributed by atoms with Crippen LogP contribution in [-0.4, -0.2) is 54.5 Å². The van der Waals surface area contributed by atoms with Crippen LogP contribution < -0.4 is 0 Å². The molecule has 0 aliphatic heterocycles. The summed E-state index contributed by atoms with van der Waals surface area (Å²) in [5, 5.41) is 19.5. The Hall–Kier alpha value is -1.13. The maximum atomic E-state index is 11.4.